The van der Waals surface area contributed by atoms with Crippen molar-refractivity contribution in [2.24, 2.45) is 0 Å². The minimum Gasteiger partial charge on any atom is -0.497 e. The molecule has 0 spiro atoms. The van der Waals surface area contributed by atoms with Gasteiger partial charge in [-0.25, -0.2) is 14.2 Å². The van der Waals surface area contributed by atoms with Crippen molar-refractivity contribution < 1.29 is 41.0 Å². The lowest BCUT2D eigenvalue weighted by atomic mass is 9.95. The van der Waals surface area contributed by atoms with E-state index in [1.807, 2.05) is 24.3 Å². The maximum atomic E-state index is 17.0. The summed E-state index contributed by atoms with van der Waals surface area (Å²) in [5.41, 5.74) is -1.86. The summed E-state index contributed by atoms with van der Waals surface area (Å²) in [5.74, 6) is 0.316. The molecule has 0 unspecified atom stereocenters. The van der Waals surface area contributed by atoms with Crippen LogP contribution in [0.2, 0.25) is 0 Å². The summed E-state index contributed by atoms with van der Waals surface area (Å²) >= 11 is 0. The highest BCUT2D eigenvalue weighted by molar-refractivity contribution is 5.95. The normalized spacial score (nSPS) is 14.9. The second-order valence-corrected chi connectivity index (χ2v) is 15.1. The SMILES string of the molecule is COc1ccc(CN(Cc2ccc(OC)cc2)c2cc(C)c(C(F)(F)F)c(-c3c(C)cc4c(N5CCN(C(=O)OC(C)(C)C)C[C@@H]5C)nc(F)nc4c3F)n2)cc1. The number of fused-ring (bicyclic) bond motifs is 1. The number of ether oxygens (including phenoxy) is 3. The Morgan fingerprint density at radius 3 is 1.93 bits per heavy atom. The lowest BCUT2D eigenvalue weighted by Gasteiger charge is -2.41. The summed E-state index contributed by atoms with van der Waals surface area (Å²) in [6, 6.07) is 16.9. The average molecular weight is 793 g/mol. The van der Waals surface area contributed by atoms with Gasteiger partial charge in [0.15, 0.2) is 5.82 Å². The number of hydrogen-bond donors (Lipinski definition) is 0. The zero-order valence-electron chi connectivity index (χ0n) is 33.1. The summed E-state index contributed by atoms with van der Waals surface area (Å²) in [7, 11) is 3.10. The number of alkyl halides is 3. The van der Waals surface area contributed by atoms with E-state index in [0.717, 1.165) is 11.1 Å². The van der Waals surface area contributed by atoms with Crippen LogP contribution in [-0.4, -0.2) is 71.4 Å². The number of hydrogen-bond acceptors (Lipinski definition) is 9. The molecule has 3 aromatic carbocycles. The van der Waals surface area contributed by atoms with Crippen molar-refractivity contribution >= 4 is 28.6 Å². The molecule has 1 aliphatic rings. The van der Waals surface area contributed by atoms with Crippen molar-refractivity contribution in [1.82, 2.24) is 19.9 Å². The van der Waals surface area contributed by atoms with Crippen LogP contribution in [-0.2, 0) is 24.0 Å². The van der Waals surface area contributed by atoms with Gasteiger partial charge >= 0.3 is 18.3 Å². The lowest BCUT2D eigenvalue weighted by Crippen LogP contribution is -2.55. The van der Waals surface area contributed by atoms with Gasteiger partial charge < -0.3 is 28.9 Å². The van der Waals surface area contributed by atoms with Crippen LogP contribution >= 0.6 is 0 Å². The zero-order valence-corrected chi connectivity index (χ0v) is 33.1. The van der Waals surface area contributed by atoms with E-state index in [0.29, 0.717) is 11.5 Å². The third-order valence-corrected chi connectivity index (χ3v) is 9.74. The number of carbonyl (C=O) groups excluding carboxylic acids is 1. The van der Waals surface area contributed by atoms with Gasteiger partial charge in [0.05, 0.1) is 25.5 Å². The second kappa shape index (κ2) is 16.0. The first-order valence-corrected chi connectivity index (χ1v) is 18.4. The number of rotatable bonds is 9. The van der Waals surface area contributed by atoms with Gasteiger partial charge in [-0.05, 0) is 100 Å². The molecule has 10 nitrogen and oxygen atoms in total. The Kier molecular flexibility index (Phi) is 11.5. The van der Waals surface area contributed by atoms with Gasteiger partial charge in [-0.1, -0.05) is 24.3 Å². The van der Waals surface area contributed by atoms with E-state index in [1.54, 1.807) is 76.0 Å². The highest BCUT2D eigenvalue weighted by Crippen LogP contribution is 2.44. The second-order valence-electron chi connectivity index (χ2n) is 15.1. The summed E-state index contributed by atoms with van der Waals surface area (Å²) in [6.07, 6.45) is -6.69. The monoisotopic (exact) mass is 792 g/mol. The number of methoxy groups -OCH3 is 2. The summed E-state index contributed by atoms with van der Waals surface area (Å²) in [6.45, 7) is 10.9. The first-order valence-electron chi connectivity index (χ1n) is 18.4. The van der Waals surface area contributed by atoms with Crippen molar-refractivity contribution in [2.45, 2.75) is 72.5 Å². The molecule has 0 bridgehead atoms. The van der Waals surface area contributed by atoms with E-state index in [-0.39, 0.29) is 60.9 Å². The molecule has 1 aliphatic heterocycles. The van der Waals surface area contributed by atoms with Crippen molar-refractivity contribution in [3.05, 3.63) is 100 Å². The van der Waals surface area contributed by atoms with Gasteiger partial charge in [0.1, 0.15) is 34.3 Å². The molecule has 0 aliphatic carbocycles. The number of nitrogens with zero attached hydrogens (tertiary/aromatic N) is 6. The fraction of sp³-hybridized carbons (Fsp3) is 0.381. The molecule has 1 saturated heterocycles. The molecule has 0 N–H and O–H groups in total. The largest absolute Gasteiger partial charge is 0.497 e. The van der Waals surface area contributed by atoms with Gasteiger partial charge in [0.25, 0.3) is 0 Å². The number of anilines is 2. The van der Waals surface area contributed by atoms with E-state index in [4.69, 9.17) is 14.2 Å². The van der Waals surface area contributed by atoms with E-state index in [9.17, 15) is 4.79 Å². The van der Waals surface area contributed by atoms with Crippen molar-refractivity contribution in [3.8, 4) is 22.8 Å². The van der Waals surface area contributed by atoms with Crippen molar-refractivity contribution in [1.29, 1.82) is 0 Å². The molecule has 3 heterocycles. The molecule has 5 aromatic rings. The number of carbonyl (C=O) groups is 1. The minimum atomic E-state index is -4.93. The minimum absolute atomic E-state index is 0.0569. The summed E-state index contributed by atoms with van der Waals surface area (Å²) < 4.78 is 93.5. The Morgan fingerprint density at radius 1 is 0.842 bits per heavy atom. The third-order valence-electron chi connectivity index (χ3n) is 9.74. The summed E-state index contributed by atoms with van der Waals surface area (Å²) in [4.78, 5) is 30.2. The highest BCUT2D eigenvalue weighted by atomic mass is 19.4. The number of benzene rings is 3. The van der Waals surface area contributed by atoms with Crippen LogP contribution in [0.1, 0.15) is 55.5 Å². The quantitative estimate of drug-likeness (QED) is 0.107. The molecular formula is C42H45F5N6O4. The average Bonchev–Trinajstić information content (AvgIpc) is 3.14. The Hall–Kier alpha value is -5.73. The Labute approximate surface area is 328 Å². The van der Waals surface area contributed by atoms with Crippen LogP contribution in [0.4, 0.5) is 38.4 Å². The molecule has 1 atom stereocenters. The number of halogens is 5. The van der Waals surface area contributed by atoms with E-state index >= 15 is 22.0 Å². The Balaban J connectivity index is 1.46. The van der Waals surface area contributed by atoms with Crippen molar-refractivity contribution in [3.63, 3.8) is 0 Å². The van der Waals surface area contributed by atoms with E-state index < -0.39 is 58.1 Å². The first-order chi connectivity index (χ1) is 26.9. The smallest absolute Gasteiger partial charge is 0.418 e. The molecule has 15 heteroatoms. The molecule has 57 heavy (non-hydrogen) atoms. The van der Waals surface area contributed by atoms with Crippen LogP contribution in [0.3, 0.4) is 0 Å². The van der Waals surface area contributed by atoms with Gasteiger partial charge in [-0.15, -0.1) is 0 Å². The molecule has 6 rings (SSSR count). The molecule has 1 fully saturated rings. The fourth-order valence-electron chi connectivity index (χ4n) is 7.06. The zero-order chi connectivity index (χ0) is 41.4. The molecule has 2 aromatic heterocycles. The molecule has 0 saturated carbocycles. The van der Waals surface area contributed by atoms with Crippen LogP contribution in [0.15, 0.2) is 60.7 Å². The Bertz CT molecular complexity index is 2210. The summed E-state index contributed by atoms with van der Waals surface area (Å²) in [5, 5.41) is 0.106. The standard InChI is InChI=1S/C42H45F5N6O4/c1-24-19-31-36(49-39(44)50-38(31)53-18-17-51(21-26(53)3)40(54)57-41(4,5)6)35(43)33(24)37-34(42(45,46)47)25(2)20-32(48-37)52(22-27-9-13-29(55-7)14-10-27)23-28-11-15-30(56-8)16-12-28/h9-16,19-20,26H,17-18,21-23H2,1-8H3/t26-/m0/s1. The van der Waals surface area contributed by atoms with Gasteiger partial charge in [0, 0.05) is 49.7 Å². The Morgan fingerprint density at radius 2 is 1.42 bits per heavy atom. The predicted octanol–water partition coefficient (Wildman–Crippen LogP) is 9.28. The van der Waals surface area contributed by atoms with Crippen LogP contribution in [0, 0.1) is 25.7 Å². The maximum absolute atomic E-state index is 17.0. The number of pyridine rings is 1. The number of amides is 1. The van der Waals surface area contributed by atoms with Crippen molar-refractivity contribution in [2.75, 3.05) is 43.7 Å². The first kappa shape index (κ1) is 40.9. The molecule has 0 radical (unpaired) electrons. The number of aryl methyl sites for hydroxylation is 2. The topological polar surface area (TPSA) is 93.2 Å². The third kappa shape index (κ3) is 8.97. The van der Waals surface area contributed by atoms with Crippen LogP contribution < -0.4 is 19.3 Å². The van der Waals surface area contributed by atoms with Crippen LogP contribution in [0.5, 0.6) is 11.5 Å². The number of piperazine rings is 1. The molecule has 1 amide bonds. The van der Waals surface area contributed by atoms with Gasteiger partial charge in [0.2, 0.25) is 0 Å². The fourth-order valence-corrected chi connectivity index (χ4v) is 7.06. The lowest BCUT2D eigenvalue weighted by molar-refractivity contribution is -0.137. The van der Waals surface area contributed by atoms with Crippen LogP contribution in [0.25, 0.3) is 22.2 Å². The van der Waals surface area contributed by atoms with E-state index in [2.05, 4.69) is 15.0 Å². The number of aromatic nitrogens is 3. The van der Waals surface area contributed by atoms with E-state index in [1.165, 1.54) is 30.9 Å². The van der Waals surface area contributed by atoms with Gasteiger partial charge in [-0.3, -0.25) is 0 Å². The highest BCUT2D eigenvalue weighted by Gasteiger charge is 2.39. The molecule has 302 valence electrons. The van der Waals surface area contributed by atoms with Gasteiger partial charge in [-0.2, -0.15) is 27.5 Å². The maximum Gasteiger partial charge on any atom is 0.418 e. The molecular weight excluding hydrogens is 747 g/mol. The predicted molar refractivity (Wildman–Crippen MR) is 208 cm³/mol.